The van der Waals surface area contributed by atoms with Crippen molar-refractivity contribution < 1.29 is 22.7 Å². The van der Waals surface area contributed by atoms with Gasteiger partial charge < -0.3 is 4.74 Å². The van der Waals surface area contributed by atoms with E-state index in [2.05, 4.69) is 46.8 Å². The minimum absolute atomic E-state index is 0.0647. The predicted octanol–water partition coefficient (Wildman–Crippen LogP) is 6.56. The molecule has 2 heterocycles. The number of halogens is 5. The van der Waals surface area contributed by atoms with E-state index in [9.17, 15) is 18.0 Å². The minimum Gasteiger partial charge on any atom is -0.497 e. The first-order chi connectivity index (χ1) is 18.7. The van der Waals surface area contributed by atoms with Crippen LogP contribution in [0.3, 0.4) is 0 Å². The van der Waals surface area contributed by atoms with Crippen LogP contribution in [-0.2, 0) is 12.7 Å². The third-order valence-corrected chi connectivity index (χ3v) is 7.31. The van der Waals surface area contributed by atoms with Crippen molar-refractivity contribution in [2.45, 2.75) is 12.7 Å². The molecule has 0 amide bonds. The van der Waals surface area contributed by atoms with Gasteiger partial charge in [0.15, 0.2) is 11.3 Å². The highest BCUT2D eigenvalue weighted by atomic mass is 79.9. The molecule has 0 saturated heterocycles. The summed E-state index contributed by atoms with van der Waals surface area (Å²) in [4.78, 5) is 26.3. The van der Waals surface area contributed by atoms with Gasteiger partial charge in [-0.2, -0.15) is 13.2 Å². The number of imidazole rings is 1. The first-order valence-electron chi connectivity index (χ1n) is 11.4. The van der Waals surface area contributed by atoms with Crippen molar-refractivity contribution in [3.63, 3.8) is 0 Å². The zero-order chi connectivity index (χ0) is 27.7. The molecular formula is C27H18Br2F3N5O2. The molecular weight excluding hydrogens is 643 g/mol. The summed E-state index contributed by atoms with van der Waals surface area (Å²) < 4.78 is 50.9. The number of ether oxygens (including phenoxy) is 1. The summed E-state index contributed by atoms with van der Waals surface area (Å²) in [7, 11) is 1.41. The number of aromatic nitrogens is 4. The smallest absolute Gasteiger partial charge is 0.450 e. The Balaban J connectivity index is 1.73. The normalized spacial score (nSPS) is 12.2. The Bertz CT molecular complexity index is 1780. The second-order valence-electron chi connectivity index (χ2n) is 8.29. The monoisotopic (exact) mass is 659 g/mol. The van der Waals surface area contributed by atoms with E-state index < -0.39 is 17.9 Å². The number of carbonyl (C=O) groups is 1. The highest BCUT2D eigenvalue weighted by Gasteiger charge is 2.38. The van der Waals surface area contributed by atoms with Crippen LogP contribution in [-0.4, -0.2) is 32.1 Å². The fourth-order valence-electron chi connectivity index (χ4n) is 3.96. The standard InChI is InChI=1S/C27H18Br2F3N5O2/c1-39-17-10-11-22-21(12-17)35-26(27(30,31)32)37(22)24-15-36(25(38)18-7-3-5-9-20(18)29)23(14-34-24)33-13-16-6-2-4-8-19(16)28/h2-12,14-15H,13H2,1H3. The van der Waals surface area contributed by atoms with Gasteiger partial charge in [0.05, 0.1) is 42.6 Å². The summed E-state index contributed by atoms with van der Waals surface area (Å²) in [5, 5.41) is 0. The summed E-state index contributed by atoms with van der Waals surface area (Å²) in [5.74, 6) is -1.49. The van der Waals surface area contributed by atoms with Crippen LogP contribution in [0.5, 0.6) is 5.75 Å². The van der Waals surface area contributed by atoms with Gasteiger partial charge in [-0.1, -0.05) is 46.3 Å². The number of alkyl halides is 3. The molecule has 5 aromatic rings. The van der Waals surface area contributed by atoms with E-state index in [0.717, 1.165) is 14.6 Å². The van der Waals surface area contributed by atoms with Crippen molar-refractivity contribution in [3.8, 4) is 11.6 Å². The summed E-state index contributed by atoms with van der Waals surface area (Å²) in [6, 6.07) is 18.6. The minimum atomic E-state index is -4.80. The molecule has 3 aromatic carbocycles. The van der Waals surface area contributed by atoms with Gasteiger partial charge in [-0.3, -0.25) is 18.9 Å². The number of hydrogen-bond donors (Lipinski definition) is 0. The van der Waals surface area contributed by atoms with E-state index in [1.54, 1.807) is 24.3 Å². The number of methoxy groups -OCH3 is 1. The van der Waals surface area contributed by atoms with Gasteiger partial charge in [0.25, 0.3) is 5.91 Å². The molecule has 0 spiro atoms. The molecule has 2 aromatic heterocycles. The molecule has 0 atom stereocenters. The van der Waals surface area contributed by atoms with Crippen molar-refractivity contribution in [2.75, 3.05) is 7.11 Å². The molecule has 0 aliphatic rings. The van der Waals surface area contributed by atoms with Crippen LogP contribution in [0.4, 0.5) is 13.2 Å². The molecule has 0 saturated carbocycles. The average Bonchev–Trinajstić information content (AvgIpc) is 3.32. The van der Waals surface area contributed by atoms with Crippen LogP contribution < -0.4 is 10.2 Å². The van der Waals surface area contributed by atoms with E-state index in [-0.39, 0.29) is 28.9 Å². The number of rotatable bonds is 5. The van der Waals surface area contributed by atoms with Crippen LogP contribution in [0.2, 0.25) is 0 Å². The first kappa shape index (κ1) is 26.8. The van der Waals surface area contributed by atoms with Gasteiger partial charge in [-0.15, -0.1) is 0 Å². The van der Waals surface area contributed by atoms with E-state index in [1.807, 2.05) is 24.3 Å². The molecule has 0 radical (unpaired) electrons. The van der Waals surface area contributed by atoms with Crippen LogP contribution >= 0.6 is 31.9 Å². The van der Waals surface area contributed by atoms with Crippen molar-refractivity contribution >= 4 is 48.8 Å². The lowest BCUT2D eigenvalue weighted by Gasteiger charge is -2.14. The zero-order valence-electron chi connectivity index (χ0n) is 20.2. The van der Waals surface area contributed by atoms with E-state index in [1.165, 1.54) is 42.3 Å². The number of carbonyl (C=O) groups excluding carboxylic acids is 1. The Labute approximate surface area is 236 Å². The van der Waals surface area contributed by atoms with Crippen molar-refractivity contribution in [1.29, 1.82) is 0 Å². The van der Waals surface area contributed by atoms with Gasteiger partial charge in [0.2, 0.25) is 5.82 Å². The average molecular weight is 661 g/mol. The quantitative estimate of drug-likeness (QED) is 0.214. The van der Waals surface area contributed by atoms with E-state index in [0.29, 0.717) is 15.8 Å². The van der Waals surface area contributed by atoms with Gasteiger partial charge in [-0.05, 0) is 51.8 Å². The fourth-order valence-corrected chi connectivity index (χ4v) is 4.83. The number of fused-ring (bicyclic) bond motifs is 1. The maximum absolute atomic E-state index is 14.1. The number of hydrogen-bond acceptors (Lipinski definition) is 5. The zero-order valence-corrected chi connectivity index (χ0v) is 23.3. The molecule has 198 valence electrons. The maximum Gasteiger partial charge on any atom is 0.450 e. The molecule has 0 bridgehead atoms. The third kappa shape index (κ3) is 5.39. The summed E-state index contributed by atoms with van der Waals surface area (Å²) in [6.45, 7) is 0.202. The molecule has 5 rings (SSSR count). The SMILES string of the molecule is COc1ccc2c(c1)nc(C(F)(F)F)n2-c1cn(C(=O)c2ccccc2Br)c(=NCc2ccccc2Br)cn1. The molecule has 7 nitrogen and oxygen atoms in total. The Morgan fingerprint density at radius 1 is 1.03 bits per heavy atom. The van der Waals surface area contributed by atoms with E-state index >= 15 is 0 Å². The van der Waals surface area contributed by atoms with Crippen LogP contribution in [0.15, 0.2) is 93.1 Å². The Morgan fingerprint density at radius 3 is 2.44 bits per heavy atom. The molecule has 12 heteroatoms. The molecule has 0 aliphatic carbocycles. The van der Waals surface area contributed by atoms with Crippen molar-refractivity contribution in [1.82, 2.24) is 19.1 Å². The van der Waals surface area contributed by atoms with Crippen LogP contribution in [0.25, 0.3) is 16.9 Å². The lowest BCUT2D eigenvalue weighted by Crippen LogP contribution is -2.30. The first-order valence-corrected chi connectivity index (χ1v) is 13.0. The fraction of sp³-hybridized carbons (Fsp3) is 0.111. The topological polar surface area (TPSA) is 74.3 Å². The number of benzene rings is 3. The Hall–Kier alpha value is -3.77. The van der Waals surface area contributed by atoms with Crippen molar-refractivity contribution in [2.24, 2.45) is 4.99 Å². The van der Waals surface area contributed by atoms with Gasteiger partial charge in [-0.25, -0.2) is 9.97 Å². The highest BCUT2D eigenvalue weighted by molar-refractivity contribution is 9.10. The number of nitrogens with zero attached hydrogens (tertiary/aromatic N) is 5. The van der Waals surface area contributed by atoms with Crippen LogP contribution in [0.1, 0.15) is 21.7 Å². The van der Waals surface area contributed by atoms with Gasteiger partial charge >= 0.3 is 6.18 Å². The second-order valence-corrected chi connectivity index (χ2v) is 10.00. The molecule has 0 aliphatic heterocycles. The molecule has 0 unspecified atom stereocenters. The van der Waals surface area contributed by atoms with Crippen LogP contribution in [0, 0.1) is 0 Å². The Morgan fingerprint density at radius 2 is 1.74 bits per heavy atom. The third-order valence-electron chi connectivity index (χ3n) is 5.84. The largest absolute Gasteiger partial charge is 0.497 e. The Kier molecular flexibility index (Phi) is 7.41. The highest BCUT2D eigenvalue weighted by Crippen LogP contribution is 2.34. The molecule has 0 fully saturated rings. The van der Waals surface area contributed by atoms with Gasteiger partial charge in [0.1, 0.15) is 5.75 Å². The lowest BCUT2D eigenvalue weighted by molar-refractivity contribution is -0.145. The van der Waals surface area contributed by atoms with Crippen molar-refractivity contribution in [3.05, 3.63) is 111 Å². The lowest BCUT2D eigenvalue weighted by atomic mass is 10.2. The molecule has 39 heavy (non-hydrogen) atoms. The van der Waals surface area contributed by atoms with E-state index in [4.69, 9.17) is 4.74 Å². The maximum atomic E-state index is 14.1. The van der Waals surface area contributed by atoms with Gasteiger partial charge in [0, 0.05) is 15.0 Å². The molecule has 0 N–H and O–H groups in total. The second kappa shape index (κ2) is 10.8. The summed E-state index contributed by atoms with van der Waals surface area (Å²) >= 11 is 6.86. The summed E-state index contributed by atoms with van der Waals surface area (Å²) in [6.07, 6.45) is -2.29. The predicted molar refractivity (Wildman–Crippen MR) is 146 cm³/mol. The summed E-state index contributed by atoms with van der Waals surface area (Å²) in [5.41, 5.74) is 1.53.